The van der Waals surface area contributed by atoms with E-state index in [2.05, 4.69) is 21.3 Å². The second-order valence-electron chi connectivity index (χ2n) is 12.1. The molecule has 4 amide bonds. The van der Waals surface area contributed by atoms with Gasteiger partial charge in [-0.1, -0.05) is 13.8 Å². The van der Waals surface area contributed by atoms with Gasteiger partial charge in [0.1, 0.15) is 29.3 Å². The van der Waals surface area contributed by atoms with Crippen molar-refractivity contribution in [2.24, 2.45) is 11.7 Å². The lowest BCUT2D eigenvalue weighted by Gasteiger charge is -2.27. The second kappa shape index (κ2) is 17.6. The molecular weight excluding hydrogens is 522 g/mol. The van der Waals surface area contributed by atoms with Gasteiger partial charge in [-0.3, -0.25) is 9.59 Å². The van der Waals surface area contributed by atoms with E-state index in [1.165, 1.54) is 0 Å². The number of rotatable bonds is 16. The maximum Gasteiger partial charge on any atom is 0.408 e. The van der Waals surface area contributed by atoms with Crippen molar-refractivity contribution >= 4 is 30.0 Å². The third-order valence-electron chi connectivity index (χ3n) is 5.25. The van der Waals surface area contributed by atoms with Crippen molar-refractivity contribution < 1.29 is 38.6 Å². The summed E-state index contributed by atoms with van der Waals surface area (Å²) in [6.07, 6.45) is 0.513. The number of carbonyl (C=O) groups is 5. The molecule has 0 aromatic rings. The van der Waals surface area contributed by atoms with Gasteiger partial charge in [-0.2, -0.15) is 0 Å². The molecule has 40 heavy (non-hydrogen) atoms. The van der Waals surface area contributed by atoms with Gasteiger partial charge in [-0.25, -0.2) is 14.4 Å². The van der Waals surface area contributed by atoms with E-state index in [0.717, 1.165) is 0 Å². The zero-order valence-electron chi connectivity index (χ0n) is 25.3. The number of alkyl carbamates (subject to hydrolysis) is 2. The fourth-order valence-electron chi connectivity index (χ4n) is 3.53. The number of ether oxygens (including phenoxy) is 2. The Kier molecular flexibility index (Phi) is 16.2. The molecule has 0 aromatic carbocycles. The maximum atomic E-state index is 13.2. The molecule has 0 aliphatic carbocycles. The summed E-state index contributed by atoms with van der Waals surface area (Å²) in [5.74, 6) is -2.48. The van der Waals surface area contributed by atoms with Crippen LogP contribution in [0.25, 0.3) is 0 Å². The summed E-state index contributed by atoms with van der Waals surface area (Å²) < 4.78 is 10.5. The molecule has 0 saturated heterocycles. The monoisotopic (exact) mass is 573 g/mol. The maximum absolute atomic E-state index is 13.2. The molecule has 13 nitrogen and oxygen atoms in total. The molecule has 0 aliphatic rings. The molecule has 3 atom stereocenters. The van der Waals surface area contributed by atoms with Gasteiger partial charge in [-0.05, 0) is 92.5 Å². The van der Waals surface area contributed by atoms with Gasteiger partial charge < -0.3 is 41.6 Å². The number of hydrogen-bond donors (Lipinski definition) is 6. The molecule has 0 unspecified atom stereocenters. The summed E-state index contributed by atoms with van der Waals surface area (Å²) in [7, 11) is 0. The van der Waals surface area contributed by atoms with Gasteiger partial charge in [0.15, 0.2) is 0 Å². The zero-order valence-corrected chi connectivity index (χ0v) is 25.3. The van der Waals surface area contributed by atoms with E-state index < -0.39 is 59.3 Å². The number of carboxylic acid groups (broad SMARTS) is 1. The summed E-state index contributed by atoms with van der Waals surface area (Å²) in [5.41, 5.74) is 4.04. The highest BCUT2D eigenvalue weighted by atomic mass is 16.6. The van der Waals surface area contributed by atoms with Crippen LogP contribution in [0, 0.1) is 5.92 Å². The largest absolute Gasteiger partial charge is 0.480 e. The molecular formula is C27H51N5O8. The third kappa shape index (κ3) is 18.2. The van der Waals surface area contributed by atoms with Crippen molar-refractivity contribution in [2.45, 2.75) is 123 Å². The summed E-state index contributed by atoms with van der Waals surface area (Å²) >= 11 is 0. The van der Waals surface area contributed by atoms with Crippen LogP contribution in [0.5, 0.6) is 0 Å². The number of nitrogens with one attached hydrogen (secondary N) is 4. The van der Waals surface area contributed by atoms with Crippen LogP contribution in [0.4, 0.5) is 9.59 Å². The Morgan fingerprint density at radius 1 is 0.725 bits per heavy atom. The quantitative estimate of drug-likeness (QED) is 0.150. The van der Waals surface area contributed by atoms with E-state index in [4.69, 9.17) is 15.2 Å². The first-order valence-corrected chi connectivity index (χ1v) is 13.8. The smallest absolute Gasteiger partial charge is 0.408 e. The second-order valence-corrected chi connectivity index (χ2v) is 12.1. The van der Waals surface area contributed by atoms with Crippen molar-refractivity contribution in [3.8, 4) is 0 Å². The molecule has 0 saturated carbocycles. The number of carboxylic acids is 1. The zero-order chi connectivity index (χ0) is 31.1. The van der Waals surface area contributed by atoms with E-state index in [9.17, 15) is 29.1 Å². The van der Waals surface area contributed by atoms with Gasteiger partial charge >= 0.3 is 18.2 Å². The Labute approximate surface area is 238 Å². The standard InChI is InChI=1S/C27H51N5O8/c1-17(2)16-20(32-25(38)40-27(6,7)8)22(34)30-18(13-11-15-29-24(37)39-26(3,4)5)21(33)31-19(23(35)36)12-9-10-14-28/h17-20H,9-16,28H2,1-8H3,(H,29,37)(H,30,34)(H,31,33)(H,32,38)(H,35,36)/t18-,19+,20-/m1/s1. The van der Waals surface area contributed by atoms with E-state index in [-0.39, 0.29) is 38.1 Å². The van der Waals surface area contributed by atoms with Crippen molar-refractivity contribution in [3.63, 3.8) is 0 Å². The molecule has 13 heteroatoms. The average Bonchev–Trinajstić information content (AvgIpc) is 2.76. The first-order valence-electron chi connectivity index (χ1n) is 13.8. The Balaban J connectivity index is 5.61. The number of hydrogen-bond acceptors (Lipinski definition) is 8. The van der Waals surface area contributed by atoms with Crippen LogP contribution < -0.4 is 27.0 Å². The van der Waals surface area contributed by atoms with Crippen molar-refractivity contribution in [1.29, 1.82) is 0 Å². The molecule has 0 aromatic heterocycles. The topological polar surface area (TPSA) is 198 Å². The van der Waals surface area contributed by atoms with Crippen LogP contribution in [0.1, 0.15) is 93.9 Å². The number of amides is 4. The van der Waals surface area contributed by atoms with Crippen molar-refractivity contribution in [3.05, 3.63) is 0 Å². The number of aliphatic carboxylic acids is 1. The SMILES string of the molecule is CC(C)C[C@@H](NC(=O)OC(C)(C)C)C(=O)N[C@H](CCCNC(=O)OC(C)(C)C)C(=O)N[C@@H](CCCCN)C(=O)O. The lowest BCUT2D eigenvalue weighted by molar-refractivity contribution is -0.142. The molecule has 0 spiro atoms. The minimum Gasteiger partial charge on any atom is -0.480 e. The molecule has 0 bridgehead atoms. The predicted molar refractivity (Wildman–Crippen MR) is 150 cm³/mol. The van der Waals surface area contributed by atoms with Crippen molar-refractivity contribution in [1.82, 2.24) is 21.3 Å². The first kappa shape index (κ1) is 36.9. The van der Waals surface area contributed by atoms with Crippen LogP contribution >= 0.6 is 0 Å². The summed E-state index contributed by atoms with van der Waals surface area (Å²) in [6.45, 7) is 14.6. The third-order valence-corrected chi connectivity index (χ3v) is 5.25. The summed E-state index contributed by atoms with van der Waals surface area (Å²) in [4.78, 5) is 62.5. The fourth-order valence-corrected chi connectivity index (χ4v) is 3.53. The predicted octanol–water partition coefficient (Wildman–Crippen LogP) is 2.41. The van der Waals surface area contributed by atoms with Crippen LogP contribution in [0.3, 0.4) is 0 Å². The minimum absolute atomic E-state index is 0.0231. The van der Waals surface area contributed by atoms with E-state index in [1.807, 2.05) is 13.8 Å². The van der Waals surface area contributed by atoms with Gasteiger partial charge in [0.25, 0.3) is 0 Å². The highest BCUT2D eigenvalue weighted by Gasteiger charge is 2.30. The number of nitrogens with two attached hydrogens (primary N) is 1. The Morgan fingerprint density at radius 2 is 1.23 bits per heavy atom. The highest BCUT2D eigenvalue weighted by Crippen LogP contribution is 2.11. The molecule has 0 radical (unpaired) electrons. The highest BCUT2D eigenvalue weighted by molar-refractivity contribution is 5.92. The van der Waals surface area contributed by atoms with E-state index in [1.54, 1.807) is 41.5 Å². The summed E-state index contributed by atoms with van der Waals surface area (Å²) in [6, 6.07) is -3.28. The number of unbranched alkanes of at least 4 members (excludes halogenated alkanes) is 1. The molecule has 232 valence electrons. The van der Waals surface area contributed by atoms with Gasteiger partial charge in [0, 0.05) is 6.54 Å². The normalized spacial score (nSPS) is 13.9. The van der Waals surface area contributed by atoms with Crippen LogP contribution in [-0.4, -0.2) is 77.5 Å². The summed E-state index contributed by atoms with van der Waals surface area (Å²) in [5, 5.41) is 19.9. The van der Waals surface area contributed by atoms with Crippen LogP contribution in [-0.2, 0) is 23.9 Å². The van der Waals surface area contributed by atoms with E-state index in [0.29, 0.717) is 19.4 Å². The van der Waals surface area contributed by atoms with Gasteiger partial charge in [-0.15, -0.1) is 0 Å². The Bertz CT molecular complexity index is 836. The van der Waals surface area contributed by atoms with E-state index >= 15 is 0 Å². The van der Waals surface area contributed by atoms with Crippen LogP contribution in [0.15, 0.2) is 0 Å². The molecule has 0 rings (SSSR count). The Morgan fingerprint density at radius 3 is 1.73 bits per heavy atom. The van der Waals surface area contributed by atoms with Gasteiger partial charge in [0.2, 0.25) is 11.8 Å². The Hall–Kier alpha value is -3.09. The van der Waals surface area contributed by atoms with Crippen molar-refractivity contribution in [2.75, 3.05) is 13.1 Å². The number of carbonyl (C=O) groups excluding carboxylic acids is 4. The van der Waals surface area contributed by atoms with Crippen LogP contribution in [0.2, 0.25) is 0 Å². The average molecular weight is 574 g/mol. The lowest BCUT2D eigenvalue weighted by atomic mass is 10.0. The molecule has 7 N–H and O–H groups in total. The molecule has 0 aliphatic heterocycles. The molecule has 0 heterocycles. The fraction of sp³-hybridized carbons (Fsp3) is 0.815. The van der Waals surface area contributed by atoms with Gasteiger partial charge in [0.05, 0.1) is 0 Å². The lowest BCUT2D eigenvalue weighted by Crippen LogP contribution is -2.56. The minimum atomic E-state index is -1.20. The first-order chi connectivity index (χ1) is 18.3. The molecule has 0 fully saturated rings.